The number of hydrogen-bond donors (Lipinski definition) is 1. The number of fused-ring (bicyclic) bond motifs is 1. The zero-order chi connectivity index (χ0) is 19.9. The molecule has 3 heterocycles. The number of ether oxygens (including phenoxy) is 1. The third-order valence-electron chi connectivity index (χ3n) is 6.23. The quantitative estimate of drug-likeness (QED) is 0.789. The Morgan fingerprint density at radius 3 is 2.46 bits per heavy atom. The van der Waals surface area contributed by atoms with Gasteiger partial charge in [0.05, 0.1) is 29.9 Å². The van der Waals surface area contributed by atoms with E-state index in [1.807, 2.05) is 11.7 Å². The van der Waals surface area contributed by atoms with Crippen LogP contribution in [0.4, 0.5) is 5.82 Å². The maximum absolute atomic E-state index is 6.19. The summed E-state index contributed by atoms with van der Waals surface area (Å²) in [7, 11) is 1.62. The molecule has 0 unspecified atom stereocenters. The fraction of sp³-hybridized carbons (Fsp3) is 0.650. The zero-order valence-electron chi connectivity index (χ0n) is 17.6. The topological polar surface area (TPSA) is 60.8 Å². The van der Waals surface area contributed by atoms with Crippen LogP contribution in [0.25, 0.3) is 10.9 Å². The van der Waals surface area contributed by atoms with E-state index >= 15 is 0 Å². The third kappa shape index (κ3) is 3.66. The number of aryl methyl sites for hydroxylation is 1. The van der Waals surface area contributed by atoms with E-state index in [4.69, 9.17) is 14.0 Å². The van der Waals surface area contributed by atoms with Gasteiger partial charge in [0.2, 0.25) is 0 Å². The maximum atomic E-state index is 6.19. The van der Waals surface area contributed by atoms with Crippen molar-refractivity contribution in [1.29, 1.82) is 0 Å². The van der Waals surface area contributed by atoms with Crippen LogP contribution < -0.4 is 10.8 Å². The van der Waals surface area contributed by atoms with Crippen molar-refractivity contribution in [2.24, 2.45) is 7.05 Å². The van der Waals surface area contributed by atoms with E-state index in [-0.39, 0.29) is 18.3 Å². The fourth-order valence-electron chi connectivity index (χ4n) is 3.69. The minimum Gasteiger partial charge on any atom is -0.399 e. The lowest BCUT2D eigenvalue weighted by atomic mass is 9.79. The third-order valence-corrected chi connectivity index (χ3v) is 6.23. The molecule has 0 radical (unpaired) electrons. The Hall–Kier alpha value is -1.61. The van der Waals surface area contributed by atoms with Crippen LogP contribution in [0.2, 0.25) is 0 Å². The van der Waals surface area contributed by atoms with Crippen molar-refractivity contribution >= 4 is 29.3 Å². The van der Waals surface area contributed by atoms with E-state index in [0.717, 1.165) is 61.6 Å². The molecule has 7 nitrogen and oxygen atoms in total. The summed E-state index contributed by atoms with van der Waals surface area (Å²) in [6, 6.07) is 6.32. The number of benzene rings is 1. The molecule has 0 atom stereocenters. The number of aromatic nitrogens is 2. The van der Waals surface area contributed by atoms with Gasteiger partial charge >= 0.3 is 7.12 Å². The lowest BCUT2D eigenvalue weighted by molar-refractivity contribution is 0.00578. The second-order valence-corrected chi connectivity index (χ2v) is 8.72. The predicted octanol–water partition coefficient (Wildman–Crippen LogP) is 1.62. The minimum absolute atomic E-state index is 0.342. The Labute approximate surface area is 167 Å². The first-order valence-electron chi connectivity index (χ1n) is 10.1. The van der Waals surface area contributed by atoms with Crippen LogP contribution in [0, 0.1) is 0 Å². The highest BCUT2D eigenvalue weighted by molar-refractivity contribution is 6.62. The van der Waals surface area contributed by atoms with Gasteiger partial charge in [-0.05, 0) is 45.3 Å². The number of nitrogens with one attached hydrogen (secondary N) is 1. The molecule has 0 bridgehead atoms. The molecule has 1 aromatic heterocycles. The highest BCUT2D eigenvalue weighted by Crippen LogP contribution is 2.36. The first kappa shape index (κ1) is 19.7. The number of morpholine rings is 1. The molecule has 0 amide bonds. The molecular weight excluding hydrogens is 355 g/mol. The van der Waals surface area contributed by atoms with E-state index in [1.165, 1.54) is 0 Å². The van der Waals surface area contributed by atoms with Crippen LogP contribution >= 0.6 is 0 Å². The van der Waals surface area contributed by atoms with Crippen LogP contribution in [0.3, 0.4) is 0 Å². The van der Waals surface area contributed by atoms with Gasteiger partial charge in [-0.25, -0.2) is 0 Å². The molecule has 4 rings (SSSR count). The van der Waals surface area contributed by atoms with Gasteiger partial charge in [-0.15, -0.1) is 0 Å². The van der Waals surface area contributed by atoms with Gasteiger partial charge in [-0.2, -0.15) is 5.10 Å². The van der Waals surface area contributed by atoms with Gasteiger partial charge in [0.1, 0.15) is 0 Å². The molecular formula is C20H31BN4O3. The summed E-state index contributed by atoms with van der Waals surface area (Å²) in [5, 5.41) is 9.29. The average Bonchev–Trinajstić information content (AvgIpc) is 3.08. The monoisotopic (exact) mass is 386 g/mol. The van der Waals surface area contributed by atoms with Crippen LogP contribution in [-0.2, 0) is 21.1 Å². The Morgan fingerprint density at radius 1 is 1.11 bits per heavy atom. The summed E-state index contributed by atoms with van der Waals surface area (Å²) in [5.74, 6) is 0.922. The number of rotatable bonds is 5. The maximum Gasteiger partial charge on any atom is 0.494 e. The molecule has 2 fully saturated rings. The van der Waals surface area contributed by atoms with Crippen LogP contribution in [-0.4, -0.2) is 72.4 Å². The predicted molar refractivity (Wildman–Crippen MR) is 112 cm³/mol. The normalized spacial score (nSPS) is 22.1. The van der Waals surface area contributed by atoms with Crippen molar-refractivity contribution < 1.29 is 14.0 Å². The number of anilines is 1. The molecule has 1 aromatic carbocycles. The second-order valence-electron chi connectivity index (χ2n) is 8.72. The van der Waals surface area contributed by atoms with Gasteiger partial charge in [0.15, 0.2) is 5.82 Å². The second kappa shape index (κ2) is 7.33. The first-order chi connectivity index (χ1) is 13.3. The Balaban J connectivity index is 1.48. The number of hydrogen-bond acceptors (Lipinski definition) is 6. The molecule has 8 heteroatoms. The molecule has 2 aliphatic heterocycles. The molecule has 0 aliphatic carbocycles. The Morgan fingerprint density at radius 2 is 1.79 bits per heavy atom. The largest absolute Gasteiger partial charge is 0.494 e. The van der Waals surface area contributed by atoms with Crippen molar-refractivity contribution in [3.8, 4) is 0 Å². The molecule has 0 spiro atoms. The van der Waals surface area contributed by atoms with E-state index in [1.54, 1.807) is 0 Å². The molecule has 28 heavy (non-hydrogen) atoms. The summed E-state index contributed by atoms with van der Waals surface area (Å²) in [6.45, 7) is 13.8. The summed E-state index contributed by atoms with van der Waals surface area (Å²) < 4.78 is 19.7. The average molecular weight is 386 g/mol. The van der Waals surface area contributed by atoms with Gasteiger partial charge in [-0.3, -0.25) is 9.58 Å². The number of nitrogens with zero attached hydrogens (tertiary/aromatic N) is 3. The molecule has 1 N–H and O–H groups in total. The van der Waals surface area contributed by atoms with Crippen molar-refractivity contribution in [1.82, 2.24) is 14.7 Å². The summed E-state index contributed by atoms with van der Waals surface area (Å²) in [4.78, 5) is 2.41. The Bertz CT molecular complexity index is 829. The van der Waals surface area contributed by atoms with Gasteiger partial charge in [0.25, 0.3) is 0 Å². The SMILES string of the molecule is Cn1nc(NCCN2CCOCC2)c2ccc(B3OC(C)(C)C(C)(C)O3)cc21. The molecule has 0 saturated carbocycles. The highest BCUT2D eigenvalue weighted by atomic mass is 16.7. The summed E-state index contributed by atoms with van der Waals surface area (Å²) in [6.07, 6.45) is 0. The highest BCUT2D eigenvalue weighted by Gasteiger charge is 2.51. The molecule has 2 aliphatic rings. The van der Waals surface area contributed by atoms with E-state index < -0.39 is 0 Å². The molecule has 152 valence electrons. The van der Waals surface area contributed by atoms with Crippen molar-refractivity contribution in [2.45, 2.75) is 38.9 Å². The Kier molecular flexibility index (Phi) is 5.16. The lowest BCUT2D eigenvalue weighted by Crippen LogP contribution is -2.41. The van der Waals surface area contributed by atoms with Gasteiger partial charge in [-0.1, -0.05) is 6.07 Å². The fourth-order valence-corrected chi connectivity index (χ4v) is 3.69. The van der Waals surface area contributed by atoms with Crippen LogP contribution in [0.1, 0.15) is 27.7 Å². The van der Waals surface area contributed by atoms with E-state index in [0.29, 0.717) is 0 Å². The first-order valence-corrected chi connectivity index (χ1v) is 10.1. The van der Waals surface area contributed by atoms with Crippen LogP contribution in [0.5, 0.6) is 0 Å². The molecule has 2 aromatic rings. The van der Waals surface area contributed by atoms with Crippen molar-refractivity contribution in [3.05, 3.63) is 18.2 Å². The minimum atomic E-state index is -0.359. The van der Waals surface area contributed by atoms with Crippen molar-refractivity contribution in [3.63, 3.8) is 0 Å². The van der Waals surface area contributed by atoms with Crippen LogP contribution in [0.15, 0.2) is 18.2 Å². The van der Waals surface area contributed by atoms with E-state index in [2.05, 4.69) is 61.2 Å². The van der Waals surface area contributed by atoms with E-state index in [9.17, 15) is 0 Å². The standard InChI is InChI=1S/C20H31BN4O3/c1-19(2)20(3,4)28-21(27-19)15-6-7-16-17(14-15)24(5)23-18(16)22-8-9-25-10-12-26-13-11-25/h6-7,14H,8-13H2,1-5H3,(H,22,23). The van der Waals surface area contributed by atoms with Gasteiger partial charge in [0, 0.05) is 38.6 Å². The lowest BCUT2D eigenvalue weighted by Gasteiger charge is -2.32. The van der Waals surface area contributed by atoms with Gasteiger partial charge < -0.3 is 19.4 Å². The van der Waals surface area contributed by atoms with Crippen molar-refractivity contribution in [2.75, 3.05) is 44.7 Å². The summed E-state index contributed by atoms with van der Waals surface area (Å²) in [5.41, 5.74) is 1.41. The molecule has 2 saturated heterocycles. The summed E-state index contributed by atoms with van der Waals surface area (Å²) >= 11 is 0. The zero-order valence-corrected chi connectivity index (χ0v) is 17.6. The smallest absolute Gasteiger partial charge is 0.399 e.